The number of rotatable bonds is 8. The van der Waals surface area contributed by atoms with Gasteiger partial charge in [-0.15, -0.1) is 0 Å². The number of aryl methyl sites for hydroxylation is 1. The molecule has 2 aliphatic heterocycles. The van der Waals surface area contributed by atoms with Crippen molar-refractivity contribution in [2.45, 2.75) is 12.8 Å². The maximum absolute atomic E-state index is 13.6. The lowest BCUT2D eigenvalue weighted by Crippen LogP contribution is -2.52. The third-order valence-electron chi connectivity index (χ3n) is 7.44. The Kier molecular flexibility index (Phi) is 8.74. The topological polar surface area (TPSA) is 108 Å². The highest BCUT2D eigenvalue weighted by molar-refractivity contribution is 6.04. The van der Waals surface area contributed by atoms with Crippen molar-refractivity contribution in [2.75, 3.05) is 70.5 Å². The fourth-order valence-corrected chi connectivity index (χ4v) is 5.30. The lowest BCUT2D eigenvalue weighted by molar-refractivity contribution is -0.136. The van der Waals surface area contributed by atoms with Crippen LogP contribution in [0.3, 0.4) is 0 Å². The van der Waals surface area contributed by atoms with Crippen LogP contribution in [-0.2, 0) is 20.7 Å². The van der Waals surface area contributed by atoms with Crippen LogP contribution in [0.1, 0.15) is 27.9 Å². The highest BCUT2D eigenvalue weighted by Crippen LogP contribution is 2.29. The molecule has 0 N–H and O–H groups in total. The zero-order valence-electron chi connectivity index (χ0n) is 22.5. The molecule has 40 heavy (non-hydrogen) atoms. The fraction of sp³-hybridized carbons (Fsp3) is 0.400. The molecule has 2 aliphatic rings. The molecule has 0 unspecified atom stereocenters. The summed E-state index contributed by atoms with van der Waals surface area (Å²) in [5, 5.41) is 10.0. The molecule has 3 aromatic rings. The van der Waals surface area contributed by atoms with Gasteiger partial charge >= 0.3 is 5.97 Å². The van der Waals surface area contributed by atoms with Gasteiger partial charge in [0.15, 0.2) is 0 Å². The van der Waals surface area contributed by atoms with Crippen LogP contribution < -0.4 is 10.5 Å². The van der Waals surface area contributed by atoms with Gasteiger partial charge in [0.25, 0.3) is 5.56 Å². The average Bonchev–Trinajstić information content (AvgIpc) is 3.00. The Balaban J connectivity index is 1.35. The molecule has 0 atom stereocenters. The minimum Gasteiger partial charge on any atom is -0.462 e. The largest absolute Gasteiger partial charge is 0.462 e. The molecule has 2 fully saturated rings. The minimum atomic E-state index is -0.562. The molecular weight excluding hydrogens is 510 g/mol. The van der Waals surface area contributed by atoms with Gasteiger partial charge in [-0.05, 0) is 30.5 Å². The van der Waals surface area contributed by atoms with Crippen molar-refractivity contribution in [3.05, 3.63) is 81.8 Å². The summed E-state index contributed by atoms with van der Waals surface area (Å²) in [4.78, 5) is 45.4. The van der Waals surface area contributed by atoms with E-state index in [0.29, 0.717) is 76.7 Å². The molecule has 2 aromatic heterocycles. The summed E-state index contributed by atoms with van der Waals surface area (Å²) in [6, 6.07) is 17.2. The third kappa shape index (κ3) is 6.01. The fourth-order valence-electron chi connectivity index (χ4n) is 5.30. The normalized spacial score (nSPS) is 16.1. The summed E-state index contributed by atoms with van der Waals surface area (Å²) >= 11 is 0. The first-order chi connectivity index (χ1) is 19.6. The molecule has 0 saturated carbocycles. The molecule has 2 saturated heterocycles. The number of hydrogen-bond acceptors (Lipinski definition) is 8. The van der Waals surface area contributed by atoms with Gasteiger partial charge in [-0.2, -0.15) is 5.26 Å². The van der Waals surface area contributed by atoms with Crippen molar-refractivity contribution in [1.82, 2.24) is 14.2 Å². The molecule has 0 aliphatic carbocycles. The number of benzene rings is 1. The molecule has 10 heteroatoms. The molecule has 10 nitrogen and oxygen atoms in total. The second-order valence-electron chi connectivity index (χ2n) is 9.95. The highest BCUT2D eigenvalue weighted by atomic mass is 16.5. The number of fused-ring (bicyclic) bond motifs is 1. The van der Waals surface area contributed by atoms with Crippen LogP contribution in [0.4, 0.5) is 5.69 Å². The summed E-state index contributed by atoms with van der Waals surface area (Å²) in [5.74, 6) is -0.494. The van der Waals surface area contributed by atoms with Crippen molar-refractivity contribution in [3.63, 3.8) is 0 Å². The van der Waals surface area contributed by atoms with Crippen LogP contribution in [0.15, 0.2) is 59.5 Å². The Morgan fingerprint density at radius 1 is 0.950 bits per heavy atom. The van der Waals surface area contributed by atoms with Crippen LogP contribution in [0.25, 0.3) is 5.52 Å². The second kappa shape index (κ2) is 12.8. The number of esters is 1. The Morgan fingerprint density at radius 3 is 2.40 bits per heavy atom. The van der Waals surface area contributed by atoms with Gasteiger partial charge in [0.2, 0.25) is 5.91 Å². The first-order valence-electron chi connectivity index (χ1n) is 13.7. The average molecular weight is 544 g/mol. The van der Waals surface area contributed by atoms with E-state index in [1.807, 2.05) is 40.1 Å². The van der Waals surface area contributed by atoms with E-state index in [2.05, 4.69) is 11.0 Å². The SMILES string of the molecule is N#Cc1c(N2CCN(CC(=O)N3CCOCC3)CC2)c(C(=O)OCCCc2ccccc2)c2ccccn2c1=O. The summed E-state index contributed by atoms with van der Waals surface area (Å²) in [6.07, 6.45) is 2.98. The van der Waals surface area contributed by atoms with E-state index < -0.39 is 11.5 Å². The third-order valence-corrected chi connectivity index (χ3v) is 7.44. The van der Waals surface area contributed by atoms with Gasteiger partial charge < -0.3 is 19.3 Å². The summed E-state index contributed by atoms with van der Waals surface area (Å²) in [5.41, 5.74) is 1.53. The predicted octanol–water partition coefficient (Wildman–Crippen LogP) is 1.94. The van der Waals surface area contributed by atoms with Crippen molar-refractivity contribution >= 4 is 23.1 Å². The van der Waals surface area contributed by atoms with E-state index in [4.69, 9.17) is 9.47 Å². The maximum Gasteiger partial charge on any atom is 0.342 e. The zero-order valence-corrected chi connectivity index (χ0v) is 22.5. The molecule has 208 valence electrons. The number of pyridine rings is 2. The van der Waals surface area contributed by atoms with E-state index in [9.17, 15) is 19.6 Å². The van der Waals surface area contributed by atoms with E-state index in [1.165, 1.54) is 4.40 Å². The summed E-state index contributed by atoms with van der Waals surface area (Å²) in [7, 11) is 0. The Morgan fingerprint density at radius 2 is 1.68 bits per heavy atom. The minimum absolute atomic E-state index is 0.0678. The maximum atomic E-state index is 13.6. The first kappa shape index (κ1) is 27.4. The number of aromatic nitrogens is 1. The quantitative estimate of drug-likeness (QED) is 0.314. The lowest BCUT2D eigenvalue weighted by atomic mass is 10.0. The molecule has 4 heterocycles. The second-order valence-corrected chi connectivity index (χ2v) is 9.95. The molecule has 1 amide bonds. The number of carbonyl (C=O) groups excluding carboxylic acids is 2. The number of nitrogens with zero attached hydrogens (tertiary/aromatic N) is 5. The number of carbonyl (C=O) groups is 2. The number of hydrogen-bond donors (Lipinski definition) is 0. The van der Waals surface area contributed by atoms with Crippen molar-refractivity contribution in [3.8, 4) is 6.07 Å². The van der Waals surface area contributed by atoms with Gasteiger partial charge in [0, 0.05) is 45.5 Å². The van der Waals surface area contributed by atoms with Crippen LogP contribution in [0, 0.1) is 11.3 Å². The summed E-state index contributed by atoms with van der Waals surface area (Å²) < 4.78 is 12.4. The van der Waals surface area contributed by atoms with Crippen LogP contribution >= 0.6 is 0 Å². The number of piperazine rings is 1. The Bertz CT molecular complexity index is 1450. The van der Waals surface area contributed by atoms with Crippen molar-refractivity contribution in [2.24, 2.45) is 0 Å². The molecule has 5 rings (SSSR count). The van der Waals surface area contributed by atoms with Crippen LogP contribution in [0.5, 0.6) is 0 Å². The monoisotopic (exact) mass is 543 g/mol. The predicted molar refractivity (Wildman–Crippen MR) is 149 cm³/mol. The smallest absolute Gasteiger partial charge is 0.342 e. The molecule has 0 bridgehead atoms. The van der Waals surface area contributed by atoms with E-state index in [-0.39, 0.29) is 23.6 Å². The van der Waals surface area contributed by atoms with Gasteiger partial charge in [-0.3, -0.25) is 18.9 Å². The molecular formula is C30H33N5O5. The van der Waals surface area contributed by atoms with Crippen molar-refractivity contribution in [1.29, 1.82) is 5.26 Å². The van der Waals surface area contributed by atoms with E-state index in [0.717, 1.165) is 12.0 Å². The number of ether oxygens (including phenoxy) is 2. The molecule has 0 spiro atoms. The lowest BCUT2D eigenvalue weighted by Gasteiger charge is -2.38. The number of nitriles is 1. The number of morpholine rings is 1. The number of amides is 1. The Hall–Kier alpha value is -4.20. The summed E-state index contributed by atoms with van der Waals surface area (Å²) in [6.45, 7) is 4.85. The first-order valence-corrected chi connectivity index (χ1v) is 13.7. The van der Waals surface area contributed by atoms with Gasteiger partial charge in [0.05, 0.1) is 37.6 Å². The van der Waals surface area contributed by atoms with Crippen LogP contribution in [-0.4, -0.2) is 91.7 Å². The number of anilines is 1. The zero-order chi connectivity index (χ0) is 27.9. The van der Waals surface area contributed by atoms with Gasteiger partial charge in [-0.1, -0.05) is 36.4 Å². The van der Waals surface area contributed by atoms with Gasteiger partial charge in [0.1, 0.15) is 17.2 Å². The van der Waals surface area contributed by atoms with Crippen molar-refractivity contribution < 1.29 is 19.1 Å². The van der Waals surface area contributed by atoms with Gasteiger partial charge in [-0.25, -0.2) is 4.79 Å². The van der Waals surface area contributed by atoms with E-state index >= 15 is 0 Å². The standard InChI is InChI=1S/C30H33N5O5/c31-21-24-28(34-14-12-32(13-15-34)22-26(36)33-16-19-39-20-17-33)27(25-10-4-5-11-35(25)29(24)37)30(38)40-18-6-9-23-7-2-1-3-8-23/h1-5,7-8,10-11H,6,9,12-20,22H2. The van der Waals surface area contributed by atoms with Crippen LogP contribution in [0.2, 0.25) is 0 Å². The highest BCUT2D eigenvalue weighted by Gasteiger charge is 2.30. The molecule has 0 radical (unpaired) electrons. The Labute approximate surface area is 232 Å². The van der Waals surface area contributed by atoms with E-state index in [1.54, 1.807) is 24.4 Å². The molecule has 1 aromatic carbocycles.